The molecule has 0 unspecified atom stereocenters. The number of amides is 1. The molecule has 2 aromatic heterocycles. The molecule has 0 bridgehead atoms. The Bertz CT molecular complexity index is 1540. The number of aromatic nitrogens is 2. The number of aromatic amines is 1. The molecular formula is C29H35N3O4S. The normalized spacial score (nSPS) is 11.1. The second kappa shape index (κ2) is 11.6. The summed E-state index contributed by atoms with van der Waals surface area (Å²) in [6.07, 6.45) is 5.06. The number of sulfonamides is 1. The van der Waals surface area contributed by atoms with Crippen molar-refractivity contribution in [2.75, 3.05) is 0 Å². The van der Waals surface area contributed by atoms with Gasteiger partial charge in [-0.3, -0.25) is 4.79 Å². The van der Waals surface area contributed by atoms with Gasteiger partial charge in [-0.05, 0) is 86.2 Å². The number of carbonyl (C=O) groups excluding carboxylic acids is 1. The molecule has 37 heavy (non-hydrogen) atoms. The molecule has 0 saturated carbocycles. The van der Waals surface area contributed by atoms with Gasteiger partial charge in [0.1, 0.15) is 17.1 Å². The number of nitrogens with zero attached hydrogens (tertiary/aromatic N) is 1. The third-order valence-electron chi connectivity index (χ3n) is 6.21. The van der Waals surface area contributed by atoms with Crippen LogP contribution in [0.25, 0.3) is 11.0 Å². The van der Waals surface area contributed by atoms with Crippen LogP contribution < -0.4 is 9.46 Å². The van der Waals surface area contributed by atoms with Crippen LogP contribution >= 0.6 is 0 Å². The number of pyridine rings is 1. The smallest absolute Gasteiger partial charge is 0.268 e. The molecule has 0 spiro atoms. The van der Waals surface area contributed by atoms with E-state index in [0.717, 1.165) is 40.6 Å². The molecule has 0 fully saturated rings. The van der Waals surface area contributed by atoms with Gasteiger partial charge in [0.05, 0.1) is 16.7 Å². The molecular weight excluding hydrogens is 486 g/mol. The number of hydrogen-bond donors (Lipinski definition) is 2. The van der Waals surface area contributed by atoms with Crippen LogP contribution in [0.3, 0.4) is 0 Å². The SMILES string of the molecule is CC.CCCc1ccc(C(=O)NS(=O)(=O)c2c(C)cc(C)c(C)c2C)c(Oc2cnc3[nH]ccc3c2)c1. The number of benzene rings is 2. The van der Waals surface area contributed by atoms with Crippen LogP contribution in [0.5, 0.6) is 11.5 Å². The summed E-state index contributed by atoms with van der Waals surface area (Å²) in [5.41, 5.74) is 4.93. The first-order valence-electron chi connectivity index (χ1n) is 12.5. The number of fused-ring (bicyclic) bond motifs is 1. The van der Waals surface area contributed by atoms with Crippen LogP contribution in [-0.4, -0.2) is 24.3 Å². The zero-order chi connectivity index (χ0) is 27.3. The van der Waals surface area contributed by atoms with Crippen molar-refractivity contribution >= 4 is 27.0 Å². The number of H-pyrrole nitrogens is 1. The first-order valence-corrected chi connectivity index (χ1v) is 14.0. The summed E-state index contributed by atoms with van der Waals surface area (Å²) in [4.78, 5) is 20.7. The summed E-state index contributed by atoms with van der Waals surface area (Å²) in [6.45, 7) is 13.4. The van der Waals surface area contributed by atoms with Crippen molar-refractivity contribution in [2.24, 2.45) is 0 Å². The quantitative estimate of drug-likeness (QED) is 0.282. The Hall–Kier alpha value is -3.65. The molecule has 2 aromatic carbocycles. The van der Waals surface area contributed by atoms with Crippen LogP contribution in [0.15, 0.2) is 53.7 Å². The minimum absolute atomic E-state index is 0.126. The van der Waals surface area contributed by atoms with E-state index in [1.807, 2.05) is 52.0 Å². The maximum Gasteiger partial charge on any atom is 0.268 e. The molecule has 4 aromatic rings. The monoisotopic (exact) mass is 521 g/mol. The molecule has 0 saturated heterocycles. The van der Waals surface area contributed by atoms with E-state index in [4.69, 9.17) is 4.74 Å². The molecule has 2 heterocycles. The lowest BCUT2D eigenvalue weighted by Crippen LogP contribution is -2.32. The summed E-state index contributed by atoms with van der Waals surface area (Å²) < 4.78 is 34.9. The highest BCUT2D eigenvalue weighted by atomic mass is 32.2. The Morgan fingerprint density at radius 1 is 1.00 bits per heavy atom. The third kappa shape index (κ3) is 6.02. The Kier molecular flexibility index (Phi) is 8.76. The van der Waals surface area contributed by atoms with Gasteiger partial charge in [0.25, 0.3) is 15.9 Å². The number of hydrogen-bond acceptors (Lipinski definition) is 5. The summed E-state index contributed by atoms with van der Waals surface area (Å²) in [6, 6.07) is 10.7. The number of aryl methyl sites for hydroxylation is 3. The molecule has 0 atom stereocenters. The van der Waals surface area contributed by atoms with E-state index in [-0.39, 0.29) is 16.2 Å². The number of carbonyl (C=O) groups is 1. The fraction of sp³-hybridized carbons (Fsp3) is 0.310. The predicted molar refractivity (Wildman–Crippen MR) is 148 cm³/mol. The van der Waals surface area contributed by atoms with Crippen LogP contribution in [0.1, 0.15) is 65.4 Å². The van der Waals surface area contributed by atoms with Crippen molar-refractivity contribution in [1.29, 1.82) is 0 Å². The molecule has 7 nitrogen and oxygen atoms in total. The third-order valence-corrected chi connectivity index (χ3v) is 7.83. The maximum atomic E-state index is 13.3. The highest BCUT2D eigenvalue weighted by Gasteiger charge is 2.26. The second-order valence-corrected chi connectivity index (χ2v) is 10.4. The number of ether oxygens (including phenoxy) is 1. The van der Waals surface area contributed by atoms with E-state index in [1.54, 1.807) is 38.4 Å². The average Bonchev–Trinajstić information content (AvgIpc) is 3.32. The molecule has 0 aliphatic carbocycles. The minimum atomic E-state index is -4.11. The number of nitrogens with one attached hydrogen (secondary N) is 2. The van der Waals surface area contributed by atoms with Crippen LogP contribution in [0, 0.1) is 27.7 Å². The van der Waals surface area contributed by atoms with Gasteiger partial charge in [-0.1, -0.05) is 39.3 Å². The van der Waals surface area contributed by atoms with Gasteiger partial charge in [-0.2, -0.15) is 0 Å². The van der Waals surface area contributed by atoms with E-state index in [0.29, 0.717) is 16.9 Å². The summed E-state index contributed by atoms with van der Waals surface area (Å²) in [5.74, 6) is -0.0341. The van der Waals surface area contributed by atoms with E-state index in [1.165, 1.54) is 0 Å². The lowest BCUT2D eigenvalue weighted by Gasteiger charge is -2.17. The van der Waals surface area contributed by atoms with E-state index < -0.39 is 15.9 Å². The van der Waals surface area contributed by atoms with Crippen molar-refractivity contribution in [3.63, 3.8) is 0 Å². The molecule has 0 aliphatic heterocycles. The zero-order valence-corrected chi connectivity index (χ0v) is 23.3. The van der Waals surface area contributed by atoms with Crippen molar-refractivity contribution in [3.05, 3.63) is 82.2 Å². The molecule has 4 rings (SSSR count). The molecule has 196 valence electrons. The molecule has 2 N–H and O–H groups in total. The lowest BCUT2D eigenvalue weighted by molar-refractivity contribution is 0.0979. The predicted octanol–water partition coefficient (Wildman–Crippen LogP) is 6.69. The van der Waals surface area contributed by atoms with Gasteiger partial charge in [0, 0.05) is 11.6 Å². The second-order valence-electron chi connectivity index (χ2n) is 8.79. The zero-order valence-electron chi connectivity index (χ0n) is 22.5. The van der Waals surface area contributed by atoms with Gasteiger partial charge in [-0.25, -0.2) is 18.1 Å². The minimum Gasteiger partial charge on any atom is -0.455 e. The molecule has 0 radical (unpaired) electrons. The van der Waals surface area contributed by atoms with E-state index in [2.05, 4.69) is 21.6 Å². The van der Waals surface area contributed by atoms with Crippen LogP contribution in [-0.2, 0) is 16.4 Å². The molecule has 8 heteroatoms. The number of rotatable bonds is 7. The fourth-order valence-corrected chi connectivity index (χ4v) is 5.78. The van der Waals surface area contributed by atoms with Crippen molar-refractivity contribution in [2.45, 2.75) is 66.2 Å². The van der Waals surface area contributed by atoms with Crippen molar-refractivity contribution in [3.8, 4) is 11.5 Å². The van der Waals surface area contributed by atoms with Crippen molar-refractivity contribution < 1.29 is 17.9 Å². The van der Waals surface area contributed by atoms with Crippen LogP contribution in [0.4, 0.5) is 0 Å². The van der Waals surface area contributed by atoms with Crippen LogP contribution in [0.2, 0.25) is 0 Å². The van der Waals surface area contributed by atoms with E-state index >= 15 is 0 Å². The summed E-state index contributed by atoms with van der Waals surface area (Å²) in [7, 11) is -4.11. The van der Waals surface area contributed by atoms with Gasteiger partial charge in [0.15, 0.2) is 0 Å². The Balaban J connectivity index is 0.00000186. The van der Waals surface area contributed by atoms with Gasteiger partial charge < -0.3 is 9.72 Å². The first-order chi connectivity index (χ1) is 17.6. The van der Waals surface area contributed by atoms with Gasteiger partial charge in [0.2, 0.25) is 0 Å². The Labute approximate surface area is 219 Å². The fourth-order valence-electron chi connectivity index (χ4n) is 4.29. The standard InChI is InChI=1S/C27H29N3O4S.C2H6/c1-6-7-20-8-9-23(24(13-20)34-22-14-21-10-11-28-26(21)29-15-22)27(31)30-35(32,33)25-17(3)12-16(2)18(4)19(25)5;1-2/h8-15H,6-7H2,1-5H3,(H,28,29)(H,30,31);1-2H3. The van der Waals surface area contributed by atoms with Gasteiger partial charge in [-0.15, -0.1) is 0 Å². The molecule has 1 amide bonds. The Morgan fingerprint density at radius 3 is 2.43 bits per heavy atom. The summed E-state index contributed by atoms with van der Waals surface area (Å²) >= 11 is 0. The highest BCUT2D eigenvalue weighted by Crippen LogP contribution is 2.30. The topological polar surface area (TPSA) is 101 Å². The highest BCUT2D eigenvalue weighted by molar-refractivity contribution is 7.90. The largest absolute Gasteiger partial charge is 0.455 e. The summed E-state index contributed by atoms with van der Waals surface area (Å²) in [5, 5.41) is 0.862. The molecule has 0 aliphatic rings. The van der Waals surface area contributed by atoms with Crippen molar-refractivity contribution in [1.82, 2.24) is 14.7 Å². The van der Waals surface area contributed by atoms with E-state index in [9.17, 15) is 13.2 Å². The van der Waals surface area contributed by atoms with Gasteiger partial charge >= 0.3 is 0 Å². The first kappa shape index (κ1) is 27.9. The lowest BCUT2D eigenvalue weighted by atomic mass is 10.0. The Morgan fingerprint density at radius 2 is 1.73 bits per heavy atom. The average molecular weight is 522 g/mol. The maximum absolute atomic E-state index is 13.3.